The summed E-state index contributed by atoms with van der Waals surface area (Å²) in [7, 11) is 0. The molecule has 2 amide bonds. The smallest absolute Gasteiger partial charge is 0.314 e. The predicted molar refractivity (Wildman–Crippen MR) is 95.1 cm³/mol. The van der Waals surface area contributed by atoms with Crippen molar-refractivity contribution in [1.82, 2.24) is 15.5 Å². The highest BCUT2D eigenvalue weighted by Crippen LogP contribution is 2.13. The molecule has 0 saturated carbocycles. The third-order valence-corrected chi connectivity index (χ3v) is 4.98. The minimum atomic E-state index is -0.0661. The second kappa shape index (κ2) is 9.90. The molecule has 1 atom stereocenters. The van der Waals surface area contributed by atoms with Gasteiger partial charge in [0.15, 0.2) is 0 Å². The number of ether oxygens (including phenoxy) is 1. The summed E-state index contributed by atoms with van der Waals surface area (Å²) in [6.07, 6.45) is 1.99. The van der Waals surface area contributed by atoms with Crippen molar-refractivity contribution >= 4 is 17.4 Å². The van der Waals surface area contributed by atoms with Crippen LogP contribution in [0.4, 0.5) is 4.79 Å². The van der Waals surface area contributed by atoms with Crippen LogP contribution in [0.3, 0.4) is 0 Å². The molecule has 6 heteroatoms. The zero-order valence-electron chi connectivity index (χ0n) is 14.2. The molecule has 0 aromatic carbocycles. The topological polar surface area (TPSA) is 53.6 Å². The summed E-state index contributed by atoms with van der Waals surface area (Å²) >= 11 is 1.73. The Morgan fingerprint density at radius 1 is 1.35 bits per heavy atom. The largest absolute Gasteiger partial charge is 0.379 e. The molecule has 1 unspecified atom stereocenters. The molecule has 0 bridgehead atoms. The van der Waals surface area contributed by atoms with Crippen molar-refractivity contribution in [1.29, 1.82) is 0 Å². The fourth-order valence-corrected chi connectivity index (χ4v) is 3.58. The quantitative estimate of drug-likeness (QED) is 0.764. The third-order valence-electron chi connectivity index (χ3n) is 4.04. The Kier molecular flexibility index (Phi) is 7.85. The van der Waals surface area contributed by atoms with Crippen LogP contribution in [0.1, 0.15) is 25.1 Å². The molecule has 0 spiro atoms. The molecule has 130 valence electrons. The van der Waals surface area contributed by atoms with Gasteiger partial charge in [0.2, 0.25) is 0 Å². The lowest BCUT2D eigenvalue weighted by atomic mass is 10.0. The molecule has 0 radical (unpaired) electrons. The number of nitrogens with zero attached hydrogens (tertiary/aromatic N) is 1. The number of carbonyl (C=O) groups excluding carboxylic acids is 1. The van der Waals surface area contributed by atoms with Crippen molar-refractivity contribution in [3.05, 3.63) is 22.4 Å². The second-order valence-corrected chi connectivity index (χ2v) is 7.43. The minimum Gasteiger partial charge on any atom is -0.379 e. The molecule has 1 aliphatic heterocycles. The van der Waals surface area contributed by atoms with E-state index in [4.69, 9.17) is 4.74 Å². The molecule has 1 fully saturated rings. The number of morpholine rings is 1. The van der Waals surface area contributed by atoms with Crippen LogP contribution in [0.15, 0.2) is 17.5 Å². The number of rotatable bonds is 8. The van der Waals surface area contributed by atoms with Crippen molar-refractivity contribution in [2.24, 2.45) is 5.92 Å². The van der Waals surface area contributed by atoms with Gasteiger partial charge in [-0.3, -0.25) is 4.90 Å². The van der Waals surface area contributed by atoms with Gasteiger partial charge in [-0.1, -0.05) is 19.9 Å². The second-order valence-electron chi connectivity index (χ2n) is 6.40. The van der Waals surface area contributed by atoms with Crippen LogP contribution >= 0.6 is 11.3 Å². The predicted octanol–water partition coefficient (Wildman–Crippen LogP) is 2.34. The average Bonchev–Trinajstić information content (AvgIpc) is 3.05. The van der Waals surface area contributed by atoms with Gasteiger partial charge < -0.3 is 15.4 Å². The number of carbonyl (C=O) groups is 1. The molecule has 2 heterocycles. The zero-order chi connectivity index (χ0) is 16.5. The summed E-state index contributed by atoms with van der Waals surface area (Å²) < 4.78 is 5.43. The van der Waals surface area contributed by atoms with E-state index in [0.29, 0.717) is 25.0 Å². The Hall–Kier alpha value is -1.11. The molecule has 5 nitrogen and oxygen atoms in total. The van der Waals surface area contributed by atoms with E-state index in [-0.39, 0.29) is 6.03 Å². The first-order chi connectivity index (χ1) is 11.1. The molecular formula is C17H29N3O2S. The standard InChI is InChI=1S/C17H29N3O2S/c1-14(2)12-15(20-7-9-22-10-8-20)13-19-17(21)18-6-5-16-4-3-11-23-16/h3-4,11,14-15H,5-10,12-13H2,1-2H3,(H2,18,19,21). The van der Waals surface area contributed by atoms with Crippen LogP contribution in [0, 0.1) is 5.92 Å². The summed E-state index contributed by atoms with van der Waals surface area (Å²) in [4.78, 5) is 15.7. The average molecular weight is 340 g/mol. The molecule has 23 heavy (non-hydrogen) atoms. The van der Waals surface area contributed by atoms with Gasteiger partial charge in [0.05, 0.1) is 13.2 Å². The molecule has 1 aliphatic rings. The maximum absolute atomic E-state index is 12.0. The fourth-order valence-electron chi connectivity index (χ4n) is 2.88. The maximum atomic E-state index is 12.0. The lowest BCUT2D eigenvalue weighted by molar-refractivity contribution is 0.0129. The van der Waals surface area contributed by atoms with Crippen molar-refractivity contribution in [3.8, 4) is 0 Å². The van der Waals surface area contributed by atoms with Crippen LogP contribution in [0.2, 0.25) is 0 Å². The lowest BCUT2D eigenvalue weighted by Gasteiger charge is -2.35. The van der Waals surface area contributed by atoms with Crippen LogP contribution < -0.4 is 10.6 Å². The normalized spacial score (nSPS) is 17.2. The lowest BCUT2D eigenvalue weighted by Crippen LogP contribution is -2.50. The van der Waals surface area contributed by atoms with E-state index >= 15 is 0 Å². The van der Waals surface area contributed by atoms with E-state index in [1.807, 2.05) is 6.07 Å². The Morgan fingerprint density at radius 2 is 2.13 bits per heavy atom. The first-order valence-corrected chi connectivity index (χ1v) is 9.39. The first kappa shape index (κ1) is 18.2. The molecule has 0 aliphatic carbocycles. The van der Waals surface area contributed by atoms with Gasteiger partial charge in [-0.05, 0) is 30.2 Å². The minimum absolute atomic E-state index is 0.0661. The monoisotopic (exact) mass is 339 g/mol. The molecular weight excluding hydrogens is 310 g/mol. The van der Waals surface area contributed by atoms with E-state index in [2.05, 4.69) is 40.8 Å². The van der Waals surface area contributed by atoms with Gasteiger partial charge in [0, 0.05) is 37.1 Å². The van der Waals surface area contributed by atoms with Gasteiger partial charge in [-0.2, -0.15) is 0 Å². The van der Waals surface area contributed by atoms with Gasteiger partial charge in [-0.15, -0.1) is 11.3 Å². The summed E-state index contributed by atoms with van der Waals surface area (Å²) in [6.45, 7) is 9.34. The number of nitrogens with one attached hydrogen (secondary N) is 2. The molecule has 2 rings (SSSR count). The highest BCUT2D eigenvalue weighted by atomic mass is 32.1. The molecule has 2 N–H and O–H groups in total. The van der Waals surface area contributed by atoms with E-state index in [0.717, 1.165) is 39.1 Å². The van der Waals surface area contributed by atoms with Gasteiger partial charge in [0.25, 0.3) is 0 Å². The number of amides is 2. The van der Waals surface area contributed by atoms with Crippen LogP contribution in [-0.2, 0) is 11.2 Å². The van der Waals surface area contributed by atoms with E-state index in [1.54, 1.807) is 11.3 Å². The Balaban J connectivity index is 1.69. The fraction of sp³-hybridized carbons (Fsp3) is 0.706. The number of urea groups is 1. The number of hydrogen-bond acceptors (Lipinski definition) is 4. The van der Waals surface area contributed by atoms with Crippen molar-refractivity contribution in [2.45, 2.75) is 32.7 Å². The third kappa shape index (κ3) is 6.89. The summed E-state index contributed by atoms with van der Waals surface area (Å²) in [5, 5.41) is 8.05. The molecule has 1 aromatic rings. The van der Waals surface area contributed by atoms with Crippen molar-refractivity contribution in [2.75, 3.05) is 39.4 Å². The molecule has 1 aromatic heterocycles. The number of hydrogen-bond donors (Lipinski definition) is 2. The SMILES string of the molecule is CC(C)CC(CNC(=O)NCCc1cccs1)N1CCOCC1. The van der Waals surface area contributed by atoms with Crippen LogP contribution in [0.5, 0.6) is 0 Å². The van der Waals surface area contributed by atoms with Crippen molar-refractivity contribution in [3.63, 3.8) is 0 Å². The Morgan fingerprint density at radius 3 is 2.78 bits per heavy atom. The summed E-state index contributed by atoms with van der Waals surface area (Å²) in [5.41, 5.74) is 0. The summed E-state index contributed by atoms with van der Waals surface area (Å²) in [5.74, 6) is 0.617. The number of thiophene rings is 1. The van der Waals surface area contributed by atoms with Crippen LogP contribution in [0.25, 0.3) is 0 Å². The van der Waals surface area contributed by atoms with Gasteiger partial charge in [-0.25, -0.2) is 4.79 Å². The highest BCUT2D eigenvalue weighted by molar-refractivity contribution is 7.09. The first-order valence-electron chi connectivity index (χ1n) is 8.51. The van der Waals surface area contributed by atoms with E-state index in [1.165, 1.54) is 4.88 Å². The highest BCUT2D eigenvalue weighted by Gasteiger charge is 2.22. The molecule has 1 saturated heterocycles. The van der Waals surface area contributed by atoms with Gasteiger partial charge in [0.1, 0.15) is 0 Å². The zero-order valence-corrected chi connectivity index (χ0v) is 15.0. The van der Waals surface area contributed by atoms with E-state index < -0.39 is 0 Å². The maximum Gasteiger partial charge on any atom is 0.314 e. The van der Waals surface area contributed by atoms with Crippen LogP contribution in [-0.4, -0.2) is 56.4 Å². The van der Waals surface area contributed by atoms with Crippen molar-refractivity contribution < 1.29 is 9.53 Å². The Bertz CT molecular complexity index is 445. The summed E-state index contributed by atoms with van der Waals surface area (Å²) in [6, 6.07) is 4.46. The van der Waals surface area contributed by atoms with E-state index in [9.17, 15) is 4.79 Å². The van der Waals surface area contributed by atoms with Gasteiger partial charge >= 0.3 is 6.03 Å². The Labute approximate surface area is 143 Å².